The highest BCUT2D eigenvalue weighted by molar-refractivity contribution is 5.74. The Kier molecular flexibility index (Phi) is 6.31. The van der Waals surface area contributed by atoms with Crippen molar-refractivity contribution >= 4 is 18.4 Å². The van der Waals surface area contributed by atoms with E-state index in [9.17, 15) is 9.59 Å². The maximum atomic E-state index is 11.2. The van der Waals surface area contributed by atoms with Crippen LogP contribution in [0.5, 0.6) is 0 Å². The number of ether oxygens (including phenoxy) is 2. The van der Waals surface area contributed by atoms with Crippen molar-refractivity contribution < 1.29 is 19.1 Å². The van der Waals surface area contributed by atoms with E-state index in [-0.39, 0.29) is 6.54 Å². The molecule has 110 valence electrons. The zero-order valence-electron chi connectivity index (χ0n) is 12.4. The van der Waals surface area contributed by atoms with Gasteiger partial charge in [-0.25, -0.2) is 15.0 Å². The van der Waals surface area contributed by atoms with Gasteiger partial charge in [0.25, 0.3) is 0 Å². The van der Waals surface area contributed by atoms with Gasteiger partial charge in [0.2, 0.25) is 0 Å². The van der Waals surface area contributed by atoms with Crippen molar-refractivity contribution in [3.05, 3.63) is 0 Å². The Morgan fingerprint density at radius 1 is 1.00 bits per heavy atom. The van der Waals surface area contributed by atoms with Crippen LogP contribution in [0.25, 0.3) is 0 Å². The van der Waals surface area contributed by atoms with E-state index in [2.05, 4.69) is 15.8 Å². The first-order chi connectivity index (χ1) is 8.49. The van der Waals surface area contributed by atoms with Crippen molar-refractivity contribution in [1.29, 1.82) is 0 Å². The second-order valence-corrected chi connectivity index (χ2v) is 5.81. The fourth-order valence-corrected chi connectivity index (χ4v) is 0.888. The van der Waals surface area contributed by atoms with Crippen LogP contribution < -0.4 is 10.7 Å². The largest absolute Gasteiger partial charge is 0.444 e. The quantitative estimate of drug-likeness (QED) is 0.608. The Bertz CT molecular complexity index is 340. The summed E-state index contributed by atoms with van der Waals surface area (Å²) in [4.78, 5) is 22.4. The summed E-state index contributed by atoms with van der Waals surface area (Å²) in [5.41, 5.74) is 1.06. The number of hydrogen-bond acceptors (Lipinski definition) is 5. The Morgan fingerprint density at radius 3 is 1.95 bits per heavy atom. The fraction of sp³-hybridized carbons (Fsp3) is 0.750. The van der Waals surface area contributed by atoms with Gasteiger partial charge in [-0.15, -0.1) is 0 Å². The number of amides is 2. The molecule has 0 bridgehead atoms. The van der Waals surface area contributed by atoms with E-state index in [0.717, 1.165) is 0 Å². The van der Waals surface area contributed by atoms with Crippen molar-refractivity contribution in [2.24, 2.45) is 5.10 Å². The van der Waals surface area contributed by atoms with E-state index in [1.54, 1.807) is 41.5 Å². The van der Waals surface area contributed by atoms with Crippen LogP contribution >= 0.6 is 0 Å². The second kappa shape index (κ2) is 6.96. The zero-order valence-corrected chi connectivity index (χ0v) is 12.4. The molecule has 0 aromatic carbocycles. The molecule has 0 rings (SSSR count). The molecule has 0 aliphatic rings. The molecule has 0 aromatic heterocycles. The standard InChI is InChI=1S/C12H23N3O4/c1-11(2,3)18-9(16)13-7-8-14-15-10(17)19-12(4,5)6/h8H,7H2,1-6H3,(H,13,16)(H,15,17). The van der Waals surface area contributed by atoms with Gasteiger partial charge in [-0.3, -0.25) is 0 Å². The third-order valence-corrected chi connectivity index (χ3v) is 1.38. The molecule has 0 aromatic rings. The SMILES string of the molecule is CC(C)(C)OC(=O)NCC=NNC(=O)OC(C)(C)C. The molecule has 0 heterocycles. The summed E-state index contributed by atoms with van der Waals surface area (Å²) in [7, 11) is 0. The molecule has 0 radical (unpaired) electrons. The summed E-state index contributed by atoms with van der Waals surface area (Å²) < 4.78 is 9.96. The Morgan fingerprint density at radius 2 is 1.47 bits per heavy atom. The highest BCUT2D eigenvalue weighted by Gasteiger charge is 2.16. The minimum absolute atomic E-state index is 0.144. The molecule has 2 N–H and O–H groups in total. The van der Waals surface area contributed by atoms with Crippen molar-refractivity contribution in [1.82, 2.24) is 10.7 Å². The normalized spacial score (nSPS) is 12.1. The summed E-state index contributed by atoms with van der Waals surface area (Å²) in [6.07, 6.45) is 0.130. The molecule has 2 amide bonds. The van der Waals surface area contributed by atoms with Crippen LogP contribution in [0.4, 0.5) is 9.59 Å². The molecule has 7 heteroatoms. The first-order valence-electron chi connectivity index (χ1n) is 5.97. The van der Waals surface area contributed by atoms with Crippen LogP contribution in [0.2, 0.25) is 0 Å². The summed E-state index contributed by atoms with van der Waals surface area (Å²) >= 11 is 0. The number of alkyl carbamates (subject to hydrolysis) is 1. The average Bonchev–Trinajstić information content (AvgIpc) is 2.10. The van der Waals surface area contributed by atoms with E-state index in [4.69, 9.17) is 9.47 Å². The van der Waals surface area contributed by atoms with Gasteiger partial charge in [-0.1, -0.05) is 0 Å². The minimum atomic E-state index is -0.652. The first-order valence-corrected chi connectivity index (χ1v) is 5.97. The highest BCUT2D eigenvalue weighted by atomic mass is 16.6. The van der Waals surface area contributed by atoms with E-state index in [1.807, 2.05) is 0 Å². The average molecular weight is 273 g/mol. The molecule has 0 unspecified atom stereocenters. The van der Waals surface area contributed by atoms with Gasteiger partial charge in [0.1, 0.15) is 11.2 Å². The number of carbonyl (C=O) groups is 2. The Labute approximate surface area is 113 Å². The highest BCUT2D eigenvalue weighted by Crippen LogP contribution is 2.06. The number of carbonyl (C=O) groups excluding carboxylic acids is 2. The molecule has 0 aliphatic heterocycles. The van der Waals surface area contributed by atoms with Gasteiger partial charge in [-0.2, -0.15) is 5.10 Å². The summed E-state index contributed by atoms with van der Waals surface area (Å²) in [5, 5.41) is 6.06. The van der Waals surface area contributed by atoms with Crippen LogP contribution in [0.1, 0.15) is 41.5 Å². The molecule has 19 heavy (non-hydrogen) atoms. The monoisotopic (exact) mass is 273 g/mol. The Hall–Kier alpha value is -1.79. The third-order valence-electron chi connectivity index (χ3n) is 1.38. The Balaban J connectivity index is 3.81. The predicted octanol–water partition coefficient (Wildman–Crippen LogP) is 2.02. The number of hydrogen-bond donors (Lipinski definition) is 2. The van der Waals surface area contributed by atoms with Gasteiger partial charge in [0.15, 0.2) is 0 Å². The van der Waals surface area contributed by atoms with E-state index >= 15 is 0 Å². The molecular formula is C12H23N3O4. The number of nitrogens with one attached hydrogen (secondary N) is 2. The van der Waals surface area contributed by atoms with Gasteiger partial charge in [0.05, 0.1) is 6.54 Å². The van der Waals surface area contributed by atoms with Crippen LogP contribution in [-0.4, -0.2) is 36.1 Å². The molecule has 0 atom stereocenters. The topological polar surface area (TPSA) is 89.0 Å². The summed E-state index contributed by atoms with van der Waals surface area (Å²) in [5.74, 6) is 0. The van der Waals surface area contributed by atoms with Crippen LogP contribution in [0.3, 0.4) is 0 Å². The number of hydrazone groups is 1. The van der Waals surface area contributed by atoms with Crippen LogP contribution in [-0.2, 0) is 9.47 Å². The van der Waals surface area contributed by atoms with Gasteiger partial charge in [0, 0.05) is 6.21 Å². The fourth-order valence-electron chi connectivity index (χ4n) is 0.888. The molecule has 0 saturated carbocycles. The number of rotatable bonds is 3. The zero-order chi connectivity index (χ0) is 15.1. The lowest BCUT2D eigenvalue weighted by atomic mass is 10.2. The van der Waals surface area contributed by atoms with Crippen molar-refractivity contribution in [2.45, 2.75) is 52.7 Å². The first kappa shape index (κ1) is 17.2. The smallest absolute Gasteiger partial charge is 0.428 e. The second-order valence-electron chi connectivity index (χ2n) is 5.81. The molecule has 0 spiro atoms. The van der Waals surface area contributed by atoms with Gasteiger partial charge in [-0.05, 0) is 41.5 Å². The van der Waals surface area contributed by atoms with E-state index in [0.29, 0.717) is 0 Å². The van der Waals surface area contributed by atoms with Gasteiger partial charge >= 0.3 is 12.2 Å². The molecule has 0 saturated heterocycles. The van der Waals surface area contributed by atoms with E-state index in [1.165, 1.54) is 6.21 Å². The lowest BCUT2D eigenvalue weighted by Gasteiger charge is -2.19. The lowest BCUT2D eigenvalue weighted by molar-refractivity contribution is 0.0525. The molecule has 7 nitrogen and oxygen atoms in total. The maximum absolute atomic E-state index is 11.2. The molecule has 0 aliphatic carbocycles. The lowest BCUT2D eigenvalue weighted by Crippen LogP contribution is -2.34. The van der Waals surface area contributed by atoms with Gasteiger partial charge < -0.3 is 14.8 Å². The summed E-state index contributed by atoms with van der Waals surface area (Å²) in [6, 6.07) is 0. The third kappa shape index (κ3) is 12.5. The summed E-state index contributed by atoms with van der Waals surface area (Å²) in [6.45, 7) is 10.7. The predicted molar refractivity (Wildman–Crippen MR) is 72.1 cm³/mol. The van der Waals surface area contributed by atoms with Crippen LogP contribution in [0.15, 0.2) is 5.10 Å². The van der Waals surface area contributed by atoms with Crippen LogP contribution in [0, 0.1) is 0 Å². The van der Waals surface area contributed by atoms with E-state index < -0.39 is 23.4 Å². The minimum Gasteiger partial charge on any atom is -0.444 e. The number of nitrogens with zero attached hydrogens (tertiary/aromatic N) is 1. The van der Waals surface area contributed by atoms with Crippen molar-refractivity contribution in [3.63, 3.8) is 0 Å². The molecule has 0 fully saturated rings. The van der Waals surface area contributed by atoms with Crippen molar-refractivity contribution in [2.75, 3.05) is 6.54 Å². The molecular weight excluding hydrogens is 250 g/mol. The maximum Gasteiger partial charge on any atom is 0.428 e. The van der Waals surface area contributed by atoms with Crippen molar-refractivity contribution in [3.8, 4) is 0 Å².